The number of carbonyl (C=O) groups is 1. The fourth-order valence-corrected chi connectivity index (χ4v) is 3.22. The lowest BCUT2D eigenvalue weighted by Gasteiger charge is -2.15. The number of nitrogens with zero attached hydrogens (tertiary/aromatic N) is 3. The van der Waals surface area contributed by atoms with Crippen LogP contribution in [0.5, 0.6) is 0 Å². The van der Waals surface area contributed by atoms with Gasteiger partial charge < -0.3 is 9.73 Å². The summed E-state index contributed by atoms with van der Waals surface area (Å²) in [7, 11) is 0. The second-order valence-corrected chi connectivity index (χ2v) is 6.24. The van der Waals surface area contributed by atoms with Crippen LogP contribution >= 0.6 is 11.6 Å². The highest BCUT2D eigenvalue weighted by Gasteiger charge is 2.24. The number of aromatic nitrogens is 2. The summed E-state index contributed by atoms with van der Waals surface area (Å²) in [5, 5.41) is 7.48. The molecule has 2 aromatic rings. The Kier molecular flexibility index (Phi) is 5.03. The Morgan fingerprint density at radius 1 is 1.57 bits per heavy atom. The minimum atomic E-state index is -0.154. The van der Waals surface area contributed by atoms with Gasteiger partial charge in [0.2, 0.25) is 0 Å². The van der Waals surface area contributed by atoms with Gasteiger partial charge in [0.1, 0.15) is 11.5 Å². The minimum Gasteiger partial charge on any atom is -0.468 e. The lowest BCUT2D eigenvalue weighted by molar-refractivity contribution is 0.0936. The van der Waals surface area contributed by atoms with E-state index in [1.807, 2.05) is 19.1 Å². The highest BCUT2D eigenvalue weighted by atomic mass is 35.5. The van der Waals surface area contributed by atoms with Gasteiger partial charge in [0.05, 0.1) is 24.0 Å². The first-order chi connectivity index (χ1) is 11.2. The van der Waals surface area contributed by atoms with Crippen molar-refractivity contribution in [1.29, 1.82) is 0 Å². The van der Waals surface area contributed by atoms with Gasteiger partial charge in [-0.2, -0.15) is 5.10 Å². The Morgan fingerprint density at radius 3 is 3.17 bits per heavy atom. The first kappa shape index (κ1) is 16.1. The molecule has 124 valence electrons. The quantitative estimate of drug-likeness (QED) is 0.879. The number of hydrogen-bond donors (Lipinski definition) is 1. The summed E-state index contributed by atoms with van der Waals surface area (Å²) >= 11 is 6.05. The van der Waals surface area contributed by atoms with E-state index in [2.05, 4.69) is 15.3 Å². The fraction of sp³-hybridized carbons (Fsp3) is 0.500. The molecule has 1 N–H and O–H groups in total. The lowest BCUT2D eigenvalue weighted by Crippen LogP contribution is -2.32. The standard InChI is InChI=1S/C16H21ClN4O2/c1-2-21-15(14(17)9-19-21)16(22)18-8-12-5-6-20(10-12)11-13-4-3-7-23-13/h3-4,7,9,12H,2,5-6,8,10-11H2,1H3,(H,18,22)/t12-/m0/s1. The monoisotopic (exact) mass is 336 g/mol. The zero-order chi connectivity index (χ0) is 16.2. The molecule has 2 aromatic heterocycles. The molecule has 0 bridgehead atoms. The van der Waals surface area contributed by atoms with E-state index in [1.54, 1.807) is 10.9 Å². The Bertz CT molecular complexity index is 653. The maximum absolute atomic E-state index is 12.3. The fourth-order valence-electron chi connectivity index (χ4n) is 2.99. The predicted octanol–water partition coefficient (Wildman–Crippen LogP) is 2.40. The first-order valence-corrected chi connectivity index (χ1v) is 8.29. The molecule has 0 spiro atoms. The van der Waals surface area contributed by atoms with Crippen LogP contribution in [0.1, 0.15) is 29.6 Å². The molecular formula is C16H21ClN4O2. The van der Waals surface area contributed by atoms with Crippen LogP contribution in [0.4, 0.5) is 0 Å². The number of furan rings is 1. The summed E-state index contributed by atoms with van der Waals surface area (Å²) in [6.45, 7) is 6.01. The average Bonchev–Trinajstić information content (AvgIpc) is 3.27. The van der Waals surface area contributed by atoms with E-state index in [9.17, 15) is 4.79 Å². The number of nitrogens with one attached hydrogen (secondary N) is 1. The molecule has 0 aromatic carbocycles. The van der Waals surface area contributed by atoms with Crippen molar-refractivity contribution in [3.8, 4) is 0 Å². The van der Waals surface area contributed by atoms with E-state index in [-0.39, 0.29) is 5.91 Å². The van der Waals surface area contributed by atoms with Crippen LogP contribution in [0.2, 0.25) is 5.02 Å². The van der Waals surface area contributed by atoms with Gasteiger partial charge in [-0.1, -0.05) is 11.6 Å². The largest absolute Gasteiger partial charge is 0.468 e. The normalized spacial score (nSPS) is 18.4. The molecule has 0 saturated carbocycles. The van der Waals surface area contributed by atoms with Gasteiger partial charge in [-0.3, -0.25) is 14.4 Å². The average molecular weight is 337 g/mol. The Hall–Kier alpha value is -1.79. The maximum atomic E-state index is 12.3. The molecule has 0 unspecified atom stereocenters. The van der Waals surface area contributed by atoms with Crippen LogP contribution in [0.15, 0.2) is 29.0 Å². The molecule has 1 aliphatic rings. The lowest BCUT2D eigenvalue weighted by atomic mass is 10.1. The SMILES string of the molecule is CCn1ncc(Cl)c1C(=O)NC[C@@H]1CCN(Cc2ccco2)C1. The molecule has 3 rings (SSSR count). The number of carbonyl (C=O) groups excluding carboxylic acids is 1. The zero-order valence-corrected chi connectivity index (χ0v) is 13.9. The Morgan fingerprint density at radius 2 is 2.43 bits per heavy atom. The third kappa shape index (κ3) is 3.76. The Labute approximate surface area is 140 Å². The summed E-state index contributed by atoms with van der Waals surface area (Å²) in [6.07, 6.45) is 4.28. The van der Waals surface area contributed by atoms with Crippen LogP contribution in [0.25, 0.3) is 0 Å². The van der Waals surface area contributed by atoms with Gasteiger partial charge in [0, 0.05) is 19.6 Å². The van der Waals surface area contributed by atoms with E-state index in [0.717, 1.165) is 31.8 Å². The zero-order valence-electron chi connectivity index (χ0n) is 13.2. The van der Waals surface area contributed by atoms with Crippen LogP contribution in [0.3, 0.4) is 0 Å². The molecule has 23 heavy (non-hydrogen) atoms. The van der Waals surface area contributed by atoms with E-state index < -0.39 is 0 Å². The van der Waals surface area contributed by atoms with Gasteiger partial charge >= 0.3 is 0 Å². The van der Waals surface area contributed by atoms with Crippen LogP contribution < -0.4 is 5.32 Å². The van der Waals surface area contributed by atoms with Crippen molar-refractivity contribution in [1.82, 2.24) is 20.0 Å². The molecule has 1 aliphatic heterocycles. The van der Waals surface area contributed by atoms with Crippen LogP contribution in [-0.4, -0.2) is 40.2 Å². The molecule has 6 nitrogen and oxygen atoms in total. The maximum Gasteiger partial charge on any atom is 0.271 e. The smallest absolute Gasteiger partial charge is 0.271 e. The van der Waals surface area contributed by atoms with Gasteiger partial charge in [-0.25, -0.2) is 0 Å². The molecule has 1 atom stereocenters. The van der Waals surface area contributed by atoms with Crippen molar-refractivity contribution in [2.45, 2.75) is 26.4 Å². The summed E-state index contributed by atoms with van der Waals surface area (Å²) in [5.74, 6) is 1.28. The van der Waals surface area contributed by atoms with Gasteiger partial charge in [0.25, 0.3) is 5.91 Å². The predicted molar refractivity (Wildman–Crippen MR) is 87.3 cm³/mol. The first-order valence-electron chi connectivity index (χ1n) is 7.91. The summed E-state index contributed by atoms with van der Waals surface area (Å²) in [5.41, 5.74) is 0.444. The van der Waals surface area contributed by atoms with Crippen molar-refractivity contribution in [3.05, 3.63) is 41.1 Å². The molecule has 0 aliphatic carbocycles. The number of hydrogen-bond acceptors (Lipinski definition) is 4. The second-order valence-electron chi connectivity index (χ2n) is 5.84. The minimum absolute atomic E-state index is 0.154. The van der Waals surface area contributed by atoms with Gasteiger partial charge in [-0.05, 0) is 37.9 Å². The molecular weight excluding hydrogens is 316 g/mol. The highest BCUT2D eigenvalue weighted by Crippen LogP contribution is 2.19. The van der Waals surface area contributed by atoms with Crippen molar-refractivity contribution in [2.24, 2.45) is 5.92 Å². The van der Waals surface area contributed by atoms with E-state index in [1.165, 1.54) is 6.20 Å². The van der Waals surface area contributed by atoms with Crippen molar-refractivity contribution < 1.29 is 9.21 Å². The molecule has 1 amide bonds. The third-order valence-corrected chi connectivity index (χ3v) is 4.47. The number of rotatable bonds is 6. The van der Waals surface area contributed by atoms with E-state index in [0.29, 0.717) is 29.7 Å². The summed E-state index contributed by atoms with van der Waals surface area (Å²) in [4.78, 5) is 14.7. The molecule has 1 fully saturated rings. The van der Waals surface area contributed by atoms with Crippen molar-refractivity contribution in [2.75, 3.05) is 19.6 Å². The Balaban J connectivity index is 1.49. The number of amides is 1. The van der Waals surface area contributed by atoms with Crippen LogP contribution in [-0.2, 0) is 13.1 Å². The topological polar surface area (TPSA) is 63.3 Å². The summed E-state index contributed by atoms with van der Waals surface area (Å²) in [6, 6.07) is 3.90. The number of halogens is 1. The second kappa shape index (κ2) is 7.19. The van der Waals surface area contributed by atoms with Crippen molar-refractivity contribution in [3.63, 3.8) is 0 Å². The highest BCUT2D eigenvalue weighted by molar-refractivity contribution is 6.33. The van der Waals surface area contributed by atoms with Gasteiger partial charge in [0.15, 0.2) is 0 Å². The third-order valence-electron chi connectivity index (χ3n) is 4.19. The molecule has 7 heteroatoms. The number of aryl methyl sites for hydroxylation is 1. The van der Waals surface area contributed by atoms with E-state index >= 15 is 0 Å². The molecule has 3 heterocycles. The van der Waals surface area contributed by atoms with E-state index in [4.69, 9.17) is 16.0 Å². The number of likely N-dealkylation sites (tertiary alicyclic amines) is 1. The molecule has 1 saturated heterocycles. The van der Waals surface area contributed by atoms with Crippen LogP contribution in [0, 0.1) is 5.92 Å². The summed E-state index contributed by atoms with van der Waals surface area (Å²) < 4.78 is 7.00. The van der Waals surface area contributed by atoms with Gasteiger partial charge in [-0.15, -0.1) is 0 Å². The molecule has 0 radical (unpaired) electrons. The van der Waals surface area contributed by atoms with Crippen molar-refractivity contribution >= 4 is 17.5 Å².